The number of aliphatic carboxylic acids is 1. The van der Waals surface area contributed by atoms with Gasteiger partial charge in [0.15, 0.2) is 5.78 Å². The number of ether oxygens (including phenoxy) is 1. The van der Waals surface area contributed by atoms with E-state index in [1.54, 1.807) is 48.5 Å². The molecule has 3 rings (SSSR count). The predicted octanol–water partition coefficient (Wildman–Crippen LogP) is 4.05. The lowest BCUT2D eigenvalue weighted by Gasteiger charge is -2.26. The molecule has 28 heavy (non-hydrogen) atoms. The van der Waals surface area contributed by atoms with E-state index in [0.717, 1.165) is 0 Å². The van der Waals surface area contributed by atoms with E-state index in [9.17, 15) is 14.4 Å². The van der Waals surface area contributed by atoms with Gasteiger partial charge < -0.3 is 15.2 Å². The normalized spacial score (nSPS) is 18.9. The molecule has 1 amide bonds. The van der Waals surface area contributed by atoms with Crippen LogP contribution >= 0.6 is 0 Å². The fraction of sp³-hybridized carbons (Fsp3) is 0.318. The number of Topliss-reactive ketones (excluding diaryl/α,β-unsaturated/α-hetero) is 1. The van der Waals surface area contributed by atoms with Crippen LogP contribution in [0.25, 0.3) is 0 Å². The number of hydrogen-bond donors (Lipinski definition) is 2. The quantitative estimate of drug-likeness (QED) is 0.736. The number of carbonyl (C=O) groups excluding carboxylic acids is 2. The van der Waals surface area contributed by atoms with Gasteiger partial charge in [0.05, 0.1) is 5.92 Å². The van der Waals surface area contributed by atoms with Gasteiger partial charge in [0, 0.05) is 17.2 Å². The van der Waals surface area contributed by atoms with Crippen LogP contribution in [-0.2, 0) is 4.79 Å². The lowest BCUT2D eigenvalue weighted by atomic mass is 9.86. The number of carbonyl (C=O) groups is 3. The highest BCUT2D eigenvalue weighted by molar-refractivity contribution is 5.94. The highest BCUT2D eigenvalue weighted by Crippen LogP contribution is 2.25. The first-order valence-corrected chi connectivity index (χ1v) is 9.35. The van der Waals surface area contributed by atoms with Gasteiger partial charge in [-0.2, -0.15) is 0 Å². The van der Waals surface area contributed by atoms with Crippen molar-refractivity contribution in [1.82, 2.24) is 5.32 Å². The highest BCUT2D eigenvalue weighted by atomic mass is 16.5. The molecule has 0 radical (unpaired) electrons. The summed E-state index contributed by atoms with van der Waals surface area (Å²) in [5.41, 5.74) is 1.15. The summed E-state index contributed by atoms with van der Waals surface area (Å²) < 4.78 is 5.73. The summed E-state index contributed by atoms with van der Waals surface area (Å²) in [6, 6.07) is 13.7. The molecule has 2 aromatic rings. The van der Waals surface area contributed by atoms with Gasteiger partial charge in [0.1, 0.15) is 11.5 Å². The van der Waals surface area contributed by atoms with Crippen molar-refractivity contribution in [3.05, 3.63) is 59.7 Å². The highest BCUT2D eigenvalue weighted by Gasteiger charge is 2.26. The van der Waals surface area contributed by atoms with Crippen LogP contribution in [-0.4, -0.2) is 28.8 Å². The first kappa shape index (κ1) is 19.6. The second-order valence-corrected chi connectivity index (χ2v) is 7.07. The van der Waals surface area contributed by atoms with E-state index in [0.29, 0.717) is 48.3 Å². The minimum atomic E-state index is -0.753. The molecule has 0 atom stereocenters. The molecule has 0 spiro atoms. The zero-order valence-corrected chi connectivity index (χ0v) is 15.7. The second-order valence-electron chi connectivity index (χ2n) is 7.07. The zero-order chi connectivity index (χ0) is 20.1. The standard InChI is InChI=1S/C22H23NO5/c1-14(24)15-4-10-19(11-5-15)28-20-12-6-16(7-13-20)21(25)23-18-8-2-17(3-9-18)22(26)27/h4-7,10-13,17-18H,2-3,8-9H2,1H3,(H,23,25)(H,26,27). The molecular weight excluding hydrogens is 358 g/mol. The van der Waals surface area contributed by atoms with Crippen LogP contribution in [0.3, 0.4) is 0 Å². The third-order valence-electron chi connectivity index (χ3n) is 5.02. The molecule has 1 saturated carbocycles. The molecule has 146 valence electrons. The van der Waals surface area contributed by atoms with Crippen LogP contribution in [0.1, 0.15) is 53.3 Å². The molecule has 0 aliphatic heterocycles. The average Bonchev–Trinajstić information content (AvgIpc) is 2.69. The van der Waals surface area contributed by atoms with Gasteiger partial charge in [-0.15, -0.1) is 0 Å². The van der Waals surface area contributed by atoms with Gasteiger partial charge in [-0.05, 0) is 81.1 Å². The molecule has 1 aliphatic carbocycles. The maximum atomic E-state index is 12.4. The number of carboxylic acid groups (broad SMARTS) is 1. The molecule has 6 heteroatoms. The minimum absolute atomic E-state index is 0.00152. The summed E-state index contributed by atoms with van der Waals surface area (Å²) in [4.78, 5) is 34.7. The topological polar surface area (TPSA) is 92.7 Å². The number of nitrogens with one attached hydrogen (secondary N) is 1. The Bertz CT molecular complexity index is 850. The molecule has 0 saturated heterocycles. The van der Waals surface area contributed by atoms with Crippen molar-refractivity contribution in [2.45, 2.75) is 38.6 Å². The van der Waals surface area contributed by atoms with E-state index in [1.165, 1.54) is 6.92 Å². The Morgan fingerprint density at radius 3 is 1.82 bits per heavy atom. The number of ketones is 1. The molecule has 6 nitrogen and oxygen atoms in total. The summed E-state index contributed by atoms with van der Waals surface area (Å²) in [6.45, 7) is 1.51. The third kappa shape index (κ3) is 4.97. The number of rotatable bonds is 6. The van der Waals surface area contributed by atoms with Gasteiger partial charge in [0.2, 0.25) is 0 Å². The second kappa shape index (κ2) is 8.69. The average molecular weight is 381 g/mol. The third-order valence-corrected chi connectivity index (χ3v) is 5.02. The molecule has 2 aromatic carbocycles. The molecule has 0 unspecified atom stereocenters. The SMILES string of the molecule is CC(=O)c1ccc(Oc2ccc(C(=O)NC3CCC(C(=O)O)CC3)cc2)cc1. The van der Waals surface area contributed by atoms with Gasteiger partial charge in [-0.25, -0.2) is 0 Å². The maximum absolute atomic E-state index is 12.4. The van der Waals surface area contributed by atoms with E-state index in [2.05, 4.69) is 5.32 Å². The Kier molecular flexibility index (Phi) is 6.09. The first-order valence-electron chi connectivity index (χ1n) is 9.35. The Hall–Kier alpha value is -3.15. The van der Waals surface area contributed by atoms with Crippen LogP contribution in [0, 0.1) is 5.92 Å². The van der Waals surface area contributed by atoms with Gasteiger partial charge in [-0.3, -0.25) is 14.4 Å². The van der Waals surface area contributed by atoms with Crippen LogP contribution in [0.2, 0.25) is 0 Å². The lowest BCUT2D eigenvalue weighted by molar-refractivity contribution is -0.142. The van der Waals surface area contributed by atoms with E-state index >= 15 is 0 Å². The van der Waals surface area contributed by atoms with Crippen molar-refractivity contribution in [2.24, 2.45) is 5.92 Å². The van der Waals surface area contributed by atoms with E-state index in [1.807, 2.05) is 0 Å². The Morgan fingerprint density at radius 2 is 1.36 bits per heavy atom. The summed E-state index contributed by atoms with van der Waals surface area (Å²) in [5, 5.41) is 12.0. The Morgan fingerprint density at radius 1 is 0.857 bits per heavy atom. The van der Waals surface area contributed by atoms with Crippen molar-refractivity contribution < 1.29 is 24.2 Å². The Balaban J connectivity index is 1.54. The summed E-state index contributed by atoms with van der Waals surface area (Å²) >= 11 is 0. The predicted molar refractivity (Wildman–Crippen MR) is 104 cm³/mol. The number of hydrogen-bond acceptors (Lipinski definition) is 4. The molecule has 0 aromatic heterocycles. The summed E-state index contributed by atoms with van der Waals surface area (Å²) in [7, 11) is 0. The molecule has 0 heterocycles. The van der Waals surface area contributed by atoms with E-state index < -0.39 is 5.97 Å². The lowest BCUT2D eigenvalue weighted by Crippen LogP contribution is -2.38. The molecule has 0 bridgehead atoms. The largest absolute Gasteiger partial charge is 0.481 e. The number of benzene rings is 2. The van der Waals surface area contributed by atoms with Crippen molar-refractivity contribution in [3.63, 3.8) is 0 Å². The van der Waals surface area contributed by atoms with Crippen LogP contribution in [0.4, 0.5) is 0 Å². The molecule has 1 aliphatic rings. The Labute approximate surface area is 163 Å². The van der Waals surface area contributed by atoms with Crippen LogP contribution < -0.4 is 10.1 Å². The fourth-order valence-electron chi connectivity index (χ4n) is 3.32. The van der Waals surface area contributed by atoms with Crippen molar-refractivity contribution in [2.75, 3.05) is 0 Å². The zero-order valence-electron chi connectivity index (χ0n) is 15.7. The van der Waals surface area contributed by atoms with Crippen molar-refractivity contribution >= 4 is 17.7 Å². The van der Waals surface area contributed by atoms with Crippen LogP contribution in [0.5, 0.6) is 11.5 Å². The smallest absolute Gasteiger partial charge is 0.306 e. The number of amides is 1. The van der Waals surface area contributed by atoms with Crippen molar-refractivity contribution in [3.8, 4) is 11.5 Å². The molecule has 1 fully saturated rings. The van der Waals surface area contributed by atoms with Gasteiger partial charge in [0.25, 0.3) is 5.91 Å². The van der Waals surface area contributed by atoms with E-state index in [4.69, 9.17) is 9.84 Å². The monoisotopic (exact) mass is 381 g/mol. The minimum Gasteiger partial charge on any atom is -0.481 e. The summed E-state index contributed by atoms with van der Waals surface area (Å²) in [6.07, 6.45) is 2.55. The van der Waals surface area contributed by atoms with Gasteiger partial charge >= 0.3 is 5.97 Å². The van der Waals surface area contributed by atoms with Crippen molar-refractivity contribution in [1.29, 1.82) is 0 Å². The van der Waals surface area contributed by atoms with E-state index in [-0.39, 0.29) is 23.7 Å². The molecular formula is C22H23NO5. The first-order chi connectivity index (χ1) is 13.4. The van der Waals surface area contributed by atoms with Gasteiger partial charge in [-0.1, -0.05) is 0 Å². The number of carboxylic acids is 1. The maximum Gasteiger partial charge on any atom is 0.306 e. The van der Waals surface area contributed by atoms with Crippen LogP contribution in [0.15, 0.2) is 48.5 Å². The molecule has 2 N–H and O–H groups in total. The summed E-state index contributed by atoms with van der Waals surface area (Å²) in [5.74, 6) is -0.0219. The fourth-order valence-corrected chi connectivity index (χ4v) is 3.32.